The summed E-state index contributed by atoms with van der Waals surface area (Å²) < 4.78 is 0. The summed E-state index contributed by atoms with van der Waals surface area (Å²) in [4.78, 5) is 0. The van der Waals surface area contributed by atoms with Crippen molar-refractivity contribution in [1.82, 2.24) is 0 Å². The molecule has 1 aliphatic heterocycles. The van der Waals surface area contributed by atoms with Gasteiger partial charge in [-0.05, 0) is 30.1 Å². The quantitative estimate of drug-likeness (QED) is 0.371. The fourth-order valence-electron chi connectivity index (χ4n) is 1.72. The Bertz CT molecular complexity index is 117. The topological polar surface area (TPSA) is 0 Å². The van der Waals surface area contributed by atoms with Gasteiger partial charge in [0, 0.05) is 0 Å². The summed E-state index contributed by atoms with van der Waals surface area (Å²) in [5.41, 5.74) is 1.28. The minimum Gasteiger partial charge on any atom is -0.153 e. The van der Waals surface area contributed by atoms with Crippen molar-refractivity contribution in [3.8, 4) is 0 Å². The second-order valence-corrected chi connectivity index (χ2v) is 6.36. The van der Waals surface area contributed by atoms with Gasteiger partial charge < -0.3 is 0 Å². The number of hydrogen-bond donors (Lipinski definition) is 0. The van der Waals surface area contributed by atoms with Crippen LogP contribution in [0.1, 0.15) is 33.6 Å². The lowest BCUT2D eigenvalue weighted by Gasteiger charge is -2.31. The van der Waals surface area contributed by atoms with Crippen LogP contribution in [0.15, 0.2) is 0 Å². The van der Waals surface area contributed by atoms with Gasteiger partial charge in [-0.25, -0.2) is 0 Å². The normalized spacial score (nSPS) is 34.7. The van der Waals surface area contributed by atoms with E-state index in [-0.39, 0.29) is 7.80 Å². The summed E-state index contributed by atoms with van der Waals surface area (Å²) >= 11 is 0. The fraction of sp³-hybridized carbons (Fsp3) is 1.00. The Morgan fingerprint density at radius 3 is 2.20 bits per heavy atom. The Morgan fingerprint density at radius 2 is 2.00 bits per heavy atom. The van der Waals surface area contributed by atoms with Crippen molar-refractivity contribution in [1.29, 1.82) is 0 Å². The zero-order valence-electron chi connectivity index (χ0n) is 7.22. The zero-order chi connectivity index (χ0) is 7.78. The third-order valence-electron chi connectivity index (χ3n) is 2.29. The predicted molar refractivity (Wildman–Crippen MR) is 50.0 cm³/mol. The van der Waals surface area contributed by atoms with E-state index in [1.54, 1.807) is 0 Å². The van der Waals surface area contributed by atoms with Crippen molar-refractivity contribution in [2.45, 2.75) is 39.3 Å². The van der Waals surface area contributed by atoms with Crippen LogP contribution in [-0.4, -0.2) is 19.4 Å². The number of hydrogen-bond acceptors (Lipinski definition) is 0. The van der Waals surface area contributed by atoms with Crippen LogP contribution in [0.4, 0.5) is 0 Å². The van der Waals surface area contributed by atoms with Gasteiger partial charge in [0.2, 0.25) is 0 Å². The highest BCUT2D eigenvalue weighted by molar-refractivity contribution is 7.83. The predicted octanol–water partition coefficient (Wildman–Crippen LogP) is 2.76. The first-order valence-electron chi connectivity index (χ1n) is 4.03. The van der Waals surface area contributed by atoms with Gasteiger partial charge in [0.05, 0.1) is 0 Å². The molecular formula is C8H16BP. The summed E-state index contributed by atoms with van der Waals surface area (Å²) in [6, 6.07) is 0. The van der Waals surface area contributed by atoms with Gasteiger partial charge in [-0.2, -0.15) is 7.80 Å². The van der Waals surface area contributed by atoms with E-state index < -0.39 is 0 Å². The van der Waals surface area contributed by atoms with Crippen molar-refractivity contribution >= 4 is 15.4 Å². The minimum absolute atomic E-state index is 0.117. The molecule has 0 amide bonds. The summed E-state index contributed by atoms with van der Waals surface area (Å²) in [6.45, 7) is 6.93. The summed E-state index contributed by atoms with van der Waals surface area (Å²) in [6.07, 6.45) is 4.03. The molecule has 1 unspecified atom stereocenters. The van der Waals surface area contributed by atoms with Crippen LogP contribution in [0.3, 0.4) is 0 Å². The van der Waals surface area contributed by atoms with Crippen LogP contribution in [0, 0.1) is 5.41 Å². The average Bonchev–Trinajstić information content (AvgIpc) is 2.11. The summed E-state index contributed by atoms with van der Waals surface area (Å²) in [5.74, 6) is 0. The largest absolute Gasteiger partial charge is 0.153 e. The minimum atomic E-state index is -0.117. The molecule has 0 spiro atoms. The van der Waals surface area contributed by atoms with Crippen LogP contribution in [0.5, 0.6) is 0 Å². The Balaban J connectivity index is 2.55. The fourth-order valence-corrected chi connectivity index (χ4v) is 4.09. The molecule has 0 bridgehead atoms. The zero-order valence-corrected chi connectivity index (χ0v) is 8.12. The van der Waals surface area contributed by atoms with E-state index in [0.717, 1.165) is 5.66 Å². The Hall–Kier alpha value is 0.495. The number of rotatable bonds is 0. The van der Waals surface area contributed by atoms with E-state index in [9.17, 15) is 0 Å². The maximum atomic E-state index is 6.03. The lowest BCUT2D eigenvalue weighted by Crippen LogP contribution is -2.21. The van der Waals surface area contributed by atoms with Crippen molar-refractivity contribution in [2.75, 3.05) is 6.16 Å². The Kier molecular flexibility index (Phi) is 2.45. The SMILES string of the molecule is [B]P1CCC[C@H]1C(C)(C)C. The molecule has 10 heavy (non-hydrogen) atoms. The van der Waals surface area contributed by atoms with Crippen LogP contribution >= 0.6 is 7.80 Å². The molecule has 0 aromatic rings. The van der Waals surface area contributed by atoms with Gasteiger partial charge in [-0.1, -0.05) is 20.8 Å². The first-order valence-corrected chi connectivity index (χ1v) is 5.69. The molecule has 0 nitrogen and oxygen atoms in total. The van der Waals surface area contributed by atoms with Crippen molar-refractivity contribution < 1.29 is 0 Å². The third-order valence-corrected chi connectivity index (χ3v) is 4.96. The van der Waals surface area contributed by atoms with E-state index in [1.165, 1.54) is 19.0 Å². The average molecular weight is 154 g/mol. The van der Waals surface area contributed by atoms with Gasteiger partial charge in [-0.3, -0.25) is 0 Å². The first kappa shape index (κ1) is 8.59. The Morgan fingerprint density at radius 1 is 1.40 bits per heavy atom. The smallest absolute Gasteiger partial charge is 0.109 e. The highest BCUT2D eigenvalue weighted by Gasteiger charge is 2.31. The van der Waals surface area contributed by atoms with E-state index in [4.69, 9.17) is 7.57 Å². The Labute approximate surface area is 66.9 Å². The molecule has 1 aliphatic rings. The molecule has 56 valence electrons. The van der Waals surface area contributed by atoms with Crippen LogP contribution in [0.2, 0.25) is 0 Å². The standard InChI is InChI=1S/C8H16BP/c1-8(2,3)7-5-4-6-10(7)9/h7H,4-6H2,1-3H3/t7-,10?/m0/s1. The van der Waals surface area contributed by atoms with Crippen LogP contribution < -0.4 is 0 Å². The van der Waals surface area contributed by atoms with Gasteiger partial charge >= 0.3 is 0 Å². The van der Waals surface area contributed by atoms with Crippen LogP contribution in [-0.2, 0) is 0 Å². The monoisotopic (exact) mass is 154 g/mol. The lowest BCUT2D eigenvalue weighted by molar-refractivity contribution is 0.384. The summed E-state index contributed by atoms with van der Waals surface area (Å²) in [7, 11) is 5.91. The summed E-state index contributed by atoms with van der Waals surface area (Å²) in [5, 5.41) is 0. The maximum Gasteiger partial charge on any atom is 0.109 e. The molecule has 0 aliphatic carbocycles. The molecular weight excluding hydrogens is 138 g/mol. The van der Waals surface area contributed by atoms with Gasteiger partial charge in [0.25, 0.3) is 0 Å². The molecule has 0 aromatic carbocycles. The molecule has 0 N–H and O–H groups in total. The van der Waals surface area contributed by atoms with E-state index in [1.807, 2.05) is 0 Å². The van der Waals surface area contributed by atoms with Crippen molar-refractivity contribution in [3.63, 3.8) is 0 Å². The highest BCUT2D eigenvalue weighted by atomic mass is 31.1. The molecule has 2 radical (unpaired) electrons. The maximum absolute atomic E-state index is 6.03. The van der Waals surface area contributed by atoms with Gasteiger partial charge in [-0.15, -0.1) is 0 Å². The highest BCUT2D eigenvalue weighted by Crippen LogP contribution is 2.52. The van der Waals surface area contributed by atoms with E-state index in [2.05, 4.69) is 20.8 Å². The molecule has 0 aromatic heterocycles. The van der Waals surface area contributed by atoms with Gasteiger partial charge in [0.1, 0.15) is 7.57 Å². The lowest BCUT2D eigenvalue weighted by atomic mass is 9.89. The van der Waals surface area contributed by atoms with Crippen molar-refractivity contribution in [2.24, 2.45) is 5.41 Å². The van der Waals surface area contributed by atoms with Gasteiger partial charge in [0.15, 0.2) is 0 Å². The molecule has 1 heterocycles. The molecule has 2 atom stereocenters. The second kappa shape index (κ2) is 2.85. The molecule has 1 saturated heterocycles. The van der Waals surface area contributed by atoms with Crippen molar-refractivity contribution in [3.05, 3.63) is 0 Å². The molecule has 2 heteroatoms. The van der Waals surface area contributed by atoms with E-state index >= 15 is 0 Å². The molecule has 1 fully saturated rings. The molecule has 1 rings (SSSR count). The molecule has 0 saturated carbocycles. The third kappa shape index (κ3) is 1.75. The van der Waals surface area contributed by atoms with Crippen LogP contribution in [0.25, 0.3) is 0 Å². The second-order valence-electron chi connectivity index (χ2n) is 4.26. The first-order chi connectivity index (χ1) is 4.52. The van der Waals surface area contributed by atoms with E-state index in [0.29, 0.717) is 5.41 Å².